The van der Waals surface area contributed by atoms with Crippen molar-refractivity contribution in [2.75, 3.05) is 0 Å². The lowest BCUT2D eigenvalue weighted by Gasteiger charge is -2.07. The van der Waals surface area contributed by atoms with Crippen LogP contribution >= 0.6 is 0 Å². The Kier molecular flexibility index (Phi) is 2.77. The van der Waals surface area contributed by atoms with Crippen LogP contribution in [0.15, 0.2) is 23.1 Å². The van der Waals surface area contributed by atoms with Crippen molar-refractivity contribution in [3.8, 4) is 0 Å². The van der Waals surface area contributed by atoms with Crippen LogP contribution in [0.3, 0.4) is 0 Å². The lowest BCUT2D eigenvalue weighted by Crippen LogP contribution is -2.29. The standard InChI is InChI=1S/C11H16N2O2S/c1-7-3-4-9(5-8(7)2)16(14,15)13-11-6-10(11)12/h3-5,10-11,13H,6,12H2,1-2H3. The summed E-state index contributed by atoms with van der Waals surface area (Å²) in [7, 11) is -3.40. The molecule has 0 radical (unpaired) electrons. The average molecular weight is 240 g/mol. The van der Waals surface area contributed by atoms with Gasteiger partial charge in [0.05, 0.1) is 4.90 Å². The van der Waals surface area contributed by atoms with Crippen molar-refractivity contribution in [2.45, 2.75) is 37.2 Å². The Bertz CT molecular complexity index is 511. The molecule has 3 N–H and O–H groups in total. The second kappa shape index (κ2) is 3.84. The number of hydrogen-bond donors (Lipinski definition) is 2. The summed E-state index contributed by atoms with van der Waals surface area (Å²) in [4.78, 5) is 0.315. The van der Waals surface area contributed by atoms with Crippen LogP contribution in [0.2, 0.25) is 0 Å². The normalized spacial score (nSPS) is 24.4. The number of sulfonamides is 1. The van der Waals surface area contributed by atoms with Gasteiger partial charge in [0.15, 0.2) is 0 Å². The van der Waals surface area contributed by atoms with Crippen molar-refractivity contribution < 1.29 is 8.42 Å². The molecule has 1 aliphatic carbocycles. The maximum atomic E-state index is 11.9. The van der Waals surface area contributed by atoms with E-state index in [-0.39, 0.29) is 12.1 Å². The minimum absolute atomic E-state index is 0.0266. The first kappa shape index (κ1) is 11.6. The summed E-state index contributed by atoms with van der Waals surface area (Å²) >= 11 is 0. The van der Waals surface area contributed by atoms with E-state index in [0.717, 1.165) is 17.5 Å². The molecule has 16 heavy (non-hydrogen) atoms. The third kappa shape index (κ3) is 2.26. The fourth-order valence-corrected chi connectivity index (χ4v) is 2.88. The zero-order chi connectivity index (χ0) is 11.9. The highest BCUT2D eigenvalue weighted by molar-refractivity contribution is 7.89. The van der Waals surface area contributed by atoms with Gasteiger partial charge in [0.1, 0.15) is 0 Å². The average Bonchev–Trinajstić information content (AvgIpc) is 2.85. The highest BCUT2D eigenvalue weighted by atomic mass is 32.2. The molecule has 2 unspecified atom stereocenters. The van der Waals surface area contributed by atoms with Gasteiger partial charge in [-0.05, 0) is 43.5 Å². The predicted molar refractivity (Wildman–Crippen MR) is 62.6 cm³/mol. The van der Waals surface area contributed by atoms with Crippen molar-refractivity contribution >= 4 is 10.0 Å². The third-order valence-electron chi connectivity index (χ3n) is 2.93. The van der Waals surface area contributed by atoms with E-state index in [1.807, 2.05) is 19.9 Å². The largest absolute Gasteiger partial charge is 0.326 e. The van der Waals surface area contributed by atoms with Crippen molar-refractivity contribution in [1.82, 2.24) is 4.72 Å². The zero-order valence-electron chi connectivity index (χ0n) is 9.40. The van der Waals surface area contributed by atoms with E-state index >= 15 is 0 Å². The summed E-state index contributed by atoms with van der Waals surface area (Å²) in [5, 5.41) is 0. The Morgan fingerprint density at radius 2 is 1.94 bits per heavy atom. The topological polar surface area (TPSA) is 72.2 Å². The lowest BCUT2D eigenvalue weighted by molar-refractivity contribution is 0.579. The molecule has 4 nitrogen and oxygen atoms in total. The van der Waals surface area contributed by atoms with Crippen LogP contribution < -0.4 is 10.5 Å². The van der Waals surface area contributed by atoms with Crippen molar-refractivity contribution in [1.29, 1.82) is 0 Å². The van der Waals surface area contributed by atoms with Crippen LogP contribution in [-0.2, 0) is 10.0 Å². The molecule has 1 aromatic rings. The van der Waals surface area contributed by atoms with Gasteiger partial charge in [-0.15, -0.1) is 0 Å². The Labute approximate surface area is 95.9 Å². The molecule has 88 valence electrons. The smallest absolute Gasteiger partial charge is 0.240 e. The summed E-state index contributed by atoms with van der Waals surface area (Å²) in [6.07, 6.45) is 0.726. The first-order valence-corrected chi connectivity index (χ1v) is 6.73. The van der Waals surface area contributed by atoms with Gasteiger partial charge in [0.2, 0.25) is 10.0 Å². The molecule has 0 aliphatic heterocycles. The van der Waals surface area contributed by atoms with Crippen molar-refractivity contribution in [3.05, 3.63) is 29.3 Å². The molecule has 0 saturated heterocycles. The second-order valence-corrected chi connectivity index (χ2v) is 6.09. The van der Waals surface area contributed by atoms with Gasteiger partial charge in [-0.2, -0.15) is 0 Å². The molecule has 1 fully saturated rings. The van der Waals surface area contributed by atoms with Crippen LogP contribution in [0.4, 0.5) is 0 Å². The molecule has 2 rings (SSSR count). The van der Waals surface area contributed by atoms with E-state index in [0.29, 0.717) is 4.90 Å². The number of aryl methyl sites for hydroxylation is 2. The summed E-state index contributed by atoms with van der Waals surface area (Å²) in [5.74, 6) is 0. The number of hydrogen-bond acceptors (Lipinski definition) is 3. The molecule has 1 aromatic carbocycles. The molecule has 0 bridgehead atoms. The Hall–Kier alpha value is -0.910. The van der Waals surface area contributed by atoms with Crippen LogP contribution in [0, 0.1) is 13.8 Å². The minimum Gasteiger partial charge on any atom is -0.326 e. The van der Waals surface area contributed by atoms with Gasteiger partial charge in [-0.3, -0.25) is 0 Å². The number of nitrogens with two attached hydrogens (primary N) is 1. The van der Waals surface area contributed by atoms with Crippen molar-refractivity contribution in [2.24, 2.45) is 5.73 Å². The van der Waals surface area contributed by atoms with Crippen molar-refractivity contribution in [3.63, 3.8) is 0 Å². The minimum atomic E-state index is -3.40. The molecule has 0 heterocycles. The van der Waals surface area contributed by atoms with E-state index in [9.17, 15) is 8.42 Å². The molecular formula is C11H16N2O2S. The molecule has 2 atom stereocenters. The lowest BCUT2D eigenvalue weighted by atomic mass is 10.1. The quantitative estimate of drug-likeness (QED) is 0.816. The van der Waals surface area contributed by atoms with E-state index in [2.05, 4.69) is 4.72 Å². The molecule has 0 amide bonds. The van der Waals surface area contributed by atoms with Gasteiger partial charge >= 0.3 is 0 Å². The zero-order valence-corrected chi connectivity index (χ0v) is 10.2. The van der Waals surface area contributed by atoms with Gasteiger partial charge in [0, 0.05) is 12.1 Å². The van der Waals surface area contributed by atoms with E-state index in [4.69, 9.17) is 5.73 Å². The number of nitrogens with one attached hydrogen (secondary N) is 1. The molecule has 0 aromatic heterocycles. The monoisotopic (exact) mass is 240 g/mol. The van der Waals surface area contributed by atoms with Crippen LogP contribution in [0.1, 0.15) is 17.5 Å². The van der Waals surface area contributed by atoms with Crippen LogP contribution in [-0.4, -0.2) is 20.5 Å². The predicted octanol–water partition coefficient (Wildman–Crippen LogP) is 0.681. The molecule has 0 spiro atoms. The summed E-state index contributed by atoms with van der Waals surface area (Å²) in [6.45, 7) is 3.85. The summed E-state index contributed by atoms with van der Waals surface area (Å²) in [5.41, 5.74) is 7.64. The summed E-state index contributed by atoms with van der Waals surface area (Å²) < 4.78 is 26.4. The highest BCUT2D eigenvalue weighted by Gasteiger charge is 2.37. The highest BCUT2D eigenvalue weighted by Crippen LogP contribution is 2.22. The third-order valence-corrected chi connectivity index (χ3v) is 4.42. The van der Waals surface area contributed by atoms with Gasteiger partial charge in [-0.25, -0.2) is 13.1 Å². The van der Waals surface area contributed by atoms with E-state index in [1.165, 1.54) is 0 Å². The molecular weight excluding hydrogens is 224 g/mol. The Balaban J connectivity index is 2.25. The first-order chi connectivity index (χ1) is 7.40. The van der Waals surface area contributed by atoms with E-state index in [1.54, 1.807) is 12.1 Å². The molecule has 1 saturated carbocycles. The Morgan fingerprint density at radius 3 is 2.44 bits per heavy atom. The fourth-order valence-electron chi connectivity index (χ4n) is 1.50. The summed E-state index contributed by atoms with van der Waals surface area (Å²) in [6, 6.07) is 5.01. The number of rotatable bonds is 3. The van der Waals surface area contributed by atoms with Gasteiger partial charge < -0.3 is 5.73 Å². The number of benzene rings is 1. The van der Waals surface area contributed by atoms with Crippen LogP contribution in [0.5, 0.6) is 0 Å². The van der Waals surface area contributed by atoms with Gasteiger partial charge in [-0.1, -0.05) is 6.07 Å². The molecule has 5 heteroatoms. The van der Waals surface area contributed by atoms with Gasteiger partial charge in [0.25, 0.3) is 0 Å². The molecule has 1 aliphatic rings. The maximum absolute atomic E-state index is 11.9. The van der Waals surface area contributed by atoms with E-state index < -0.39 is 10.0 Å². The first-order valence-electron chi connectivity index (χ1n) is 5.25. The van der Waals surface area contributed by atoms with Crippen LogP contribution in [0.25, 0.3) is 0 Å². The fraction of sp³-hybridized carbons (Fsp3) is 0.455. The Morgan fingerprint density at radius 1 is 1.31 bits per heavy atom. The second-order valence-electron chi connectivity index (χ2n) is 4.37. The SMILES string of the molecule is Cc1ccc(S(=O)(=O)NC2CC2N)cc1C. The maximum Gasteiger partial charge on any atom is 0.240 e.